The van der Waals surface area contributed by atoms with E-state index in [9.17, 15) is 9.18 Å². The SMILES string of the molecule is CN1C(=O)C(c2ccc(C#Cc3ccc(F)cc3)cn2)C2CCCC21. The molecule has 1 saturated heterocycles. The van der Waals surface area contributed by atoms with E-state index in [1.807, 2.05) is 24.1 Å². The maximum absolute atomic E-state index is 12.9. The Labute approximate surface area is 146 Å². The number of nitrogens with zero attached hydrogens (tertiary/aromatic N) is 2. The highest BCUT2D eigenvalue weighted by atomic mass is 19.1. The van der Waals surface area contributed by atoms with Crippen molar-refractivity contribution < 1.29 is 9.18 Å². The van der Waals surface area contributed by atoms with Crippen LogP contribution in [0.15, 0.2) is 42.6 Å². The third kappa shape index (κ3) is 2.91. The van der Waals surface area contributed by atoms with E-state index in [-0.39, 0.29) is 17.6 Å². The van der Waals surface area contributed by atoms with Crippen LogP contribution in [0.2, 0.25) is 0 Å². The molecule has 3 atom stereocenters. The van der Waals surface area contributed by atoms with Gasteiger partial charge in [-0.25, -0.2) is 4.39 Å². The van der Waals surface area contributed by atoms with Gasteiger partial charge in [0.15, 0.2) is 0 Å². The van der Waals surface area contributed by atoms with Crippen molar-refractivity contribution in [1.82, 2.24) is 9.88 Å². The molecule has 2 aromatic rings. The molecule has 0 bridgehead atoms. The zero-order valence-electron chi connectivity index (χ0n) is 14.1. The lowest BCUT2D eigenvalue weighted by Gasteiger charge is -2.17. The minimum atomic E-state index is -0.270. The minimum absolute atomic E-state index is 0.114. The number of fused-ring (bicyclic) bond motifs is 1. The molecule has 1 aliphatic heterocycles. The van der Waals surface area contributed by atoms with E-state index in [0.717, 1.165) is 29.7 Å². The van der Waals surface area contributed by atoms with Gasteiger partial charge in [0, 0.05) is 30.4 Å². The van der Waals surface area contributed by atoms with E-state index < -0.39 is 0 Å². The van der Waals surface area contributed by atoms with Crippen molar-refractivity contribution in [3.63, 3.8) is 0 Å². The van der Waals surface area contributed by atoms with Crippen LogP contribution in [0.1, 0.15) is 42.0 Å². The number of aromatic nitrogens is 1. The summed E-state index contributed by atoms with van der Waals surface area (Å²) < 4.78 is 12.9. The van der Waals surface area contributed by atoms with Crippen molar-refractivity contribution in [2.75, 3.05) is 7.05 Å². The standard InChI is InChI=1S/C21H19FN2O/c1-24-19-4-2-3-17(19)20(21(24)25)18-12-9-15(13-23-18)6-5-14-7-10-16(22)11-8-14/h7-13,17,19-20H,2-4H2,1H3. The number of amides is 1. The Balaban J connectivity index is 1.55. The van der Waals surface area contributed by atoms with Gasteiger partial charge in [-0.05, 0) is 55.2 Å². The minimum Gasteiger partial charge on any atom is -0.342 e. The fourth-order valence-corrected chi connectivity index (χ4v) is 4.09. The number of likely N-dealkylation sites (tertiary alicyclic amines) is 1. The van der Waals surface area contributed by atoms with Crippen molar-refractivity contribution in [2.45, 2.75) is 31.2 Å². The molecule has 0 radical (unpaired) electrons. The average molecular weight is 334 g/mol. The summed E-state index contributed by atoms with van der Waals surface area (Å²) in [6.45, 7) is 0. The molecule has 3 nitrogen and oxygen atoms in total. The first-order valence-corrected chi connectivity index (χ1v) is 8.64. The number of likely N-dealkylation sites (N-methyl/N-ethyl adjacent to an activating group) is 1. The van der Waals surface area contributed by atoms with Crippen molar-refractivity contribution in [3.05, 3.63) is 65.2 Å². The van der Waals surface area contributed by atoms with Crippen LogP contribution in [-0.4, -0.2) is 28.9 Å². The molecule has 1 saturated carbocycles. The Morgan fingerprint density at radius 1 is 1.08 bits per heavy atom. The number of benzene rings is 1. The van der Waals surface area contributed by atoms with Crippen molar-refractivity contribution in [2.24, 2.45) is 5.92 Å². The fourth-order valence-electron chi connectivity index (χ4n) is 4.09. The van der Waals surface area contributed by atoms with Gasteiger partial charge in [0.2, 0.25) is 5.91 Å². The normalized spacial score (nSPS) is 24.8. The van der Waals surface area contributed by atoms with E-state index in [2.05, 4.69) is 16.8 Å². The molecule has 1 aromatic heterocycles. The smallest absolute Gasteiger partial charge is 0.232 e. The summed E-state index contributed by atoms with van der Waals surface area (Å²) in [5.74, 6) is 6.23. The number of carbonyl (C=O) groups excluding carboxylic acids is 1. The maximum atomic E-state index is 12.9. The van der Waals surface area contributed by atoms with Gasteiger partial charge in [0.1, 0.15) is 5.82 Å². The van der Waals surface area contributed by atoms with Crippen LogP contribution in [0.3, 0.4) is 0 Å². The third-order valence-corrected chi connectivity index (χ3v) is 5.37. The summed E-state index contributed by atoms with van der Waals surface area (Å²) in [5, 5.41) is 0. The first-order valence-electron chi connectivity index (χ1n) is 8.64. The molecule has 126 valence electrons. The monoisotopic (exact) mass is 334 g/mol. The van der Waals surface area contributed by atoms with Crippen LogP contribution in [0.5, 0.6) is 0 Å². The lowest BCUT2D eigenvalue weighted by molar-refractivity contribution is -0.129. The van der Waals surface area contributed by atoms with E-state index in [1.54, 1.807) is 18.3 Å². The van der Waals surface area contributed by atoms with E-state index in [1.165, 1.54) is 18.6 Å². The number of rotatable bonds is 1. The number of hydrogen-bond acceptors (Lipinski definition) is 2. The van der Waals surface area contributed by atoms with Gasteiger partial charge in [-0.2, -0.15) is 0 Å². The van der Waals surface area contributed by atoms with Crippen LogP contribution in [0.4, 0.5) is 4.39 Å². The zero-order valence-corrected chi connectivity index (χ0v) is 14.1. The summed E-state index contributed by atoms with van der Waals surface area (Å²) >= 11 is 0. The molecule has 1 aromatic carbocycles. The Bertz CT molecular complexity index is 848. The molecule has 1 aliphatic carbocycles. The zero-order chi connectivity index (χ0) is 17.4. The molecular formula is C21H19FN2O. The van der Waals surface area contributed by atoms with Gasteiger partial charge in [-0.1, -0.05) is 18.3 Å². The summed E-state index contributed by atoms with van der Waals surface area (Å²) in [6.07, 6.45) is 5.11. The molecule has 0 N–H and O–H groups in total. The molecule has 4 rings (SSSR count). The number of carbonyl (C=O) groups is 1. The Morgan fingerprint density at radius 3 is 2.52 bits per heavy atom. The lowest BCUT2D eigenvalue weighted by atomic mass is 9.89. The van der Waals surface area contributed by atoms with Crippen LogP contribution < -0.4 is 0 Å². The highest BCUT2D eigenvalue weighted by Gasteiger charge is 2.49. The number of hydrogen-bond donors (Lipinski definition) is 0. The van der Waals surface area contributed by atoms with E-state index in [4.69, 9.17) is 0 Å². The molecular weight excluding hydrogens is 315 g/mol. The topological polar surface area (TPSA) is 33.2 Å². The molecule has 1 amide bonds. The van der Waals surface area contributed by atoms with Crippen molar-refractivity contribution >= 4 is 5.91 Å². The number of halogens is 1. The van der Waals surface area contributed by atoms with Crippen LogP contribution >= 0.6 is 0 Å². The fraction of sp³-hybridized carbons (Fsp3) is 0.333. The third-order valence-electron chi connectivity index (χ3n) is 5.37. The van der Waals surface area contributed by atoms with Crippen LogP contribution in [0, 0.1) is 23.6 Å². The predicted octanol–water partition coefficient (Wildman–Crippen LogP) is 3.34. The first kappa shape index (κ1) is 15.8. The van der Waals surface area contributed by atoms with Crippen molar-refractivity contribution in [3.8, 4) is 11.8 Å². The maximum Gasteiger partial charge on any atom is 0.232 e. The van der Waals surface area contributed by atoms with Gasteiger partial charge in [-0.3, -0.25) is 9.78 Å². The lowest BCUT2D eigenvalue weighted by Crippen LogP contribution is -2.29. The Morgan fingerprint density at radius 2 is 1.80 bits per heavy atom. The highest BCUT2D eigenvalue weighted by molar-refractivity contribution is 5.86. The summed E-state index contributed by atoms with van der Waals surface area (Å²) in [7, 11) is 1.91. The second kappa shape index (κ2) is 6.33. The van der Waals surface area contributed by atoms with Gasteiger partial charge in [0.05, 0.1) is 11.6 Å². The van der Waals surface area contributed by atoms with E-state index in [0.29, 0.717) is 12.0 Å². The molecule has 3 unspecified atom stereocenters. The summed E-state index contributed by atoms with van der Waals surface area (Å²) in [4.78, 5) is 19.0. The molecule has 4 heteroatoms. The van der Waals surface area contributed by atoms with Crippen LogP contribution in [0.25, 0.3) is 0 Å². The number of pyridine rings is 1. The molecule has 2 heterocycles. The molecule has 0 spiro atoms. The summed E-state index contributed by atoms with van der Waals surface area (Å²) in [6, 6.07) is 10.3. The van der Waals surface area contributed by atoms with Gasteiger partial charge < -0.3 is 4.90 Å². The highest BCUT2D eigenvalue weighted by Crippen LogP contribution is 2.45. The van der Waals surface area contributed by atoms with E-state index >= 15 is 0 Å². The largest absolute Gasteiger partial charge is 0.342 e. The second-order valence-electron chi connectivity index (χ2n) is 6.82. The first-order chi connectivity index (χ1) is 12.1. The second-order valence-corrected chi connectivity index (χ2v) is 6.82. The Hall–Kier alpha value is -2.67. The molecule has 25 heavy (non-hydrogen) atoms. The van der Waals surface area contributed by atoms with Gasteiger partial charge in [0.25, 0.3) is 0 Å². The predicted molar refractivity (Wildman–Crippen MR) is 93.3 cm³/mol. The van der Waals surface area contributed by atoms with Crippen LogP contribution in [-0.2, 0) is 4.79 Å². The quantitative estimate of drug-likeness (QED) is 0.750. The molecule has 2 aliphatic rings. The average Bonchev–Trinajstić information content (AvgIpc) is 3.19. The van der Waals surface area contributed by atoms with Gasteiger partial charge in [-0.15, -0.1) is 0 Å². The molecule has 2 fully saturated rings. The van der Waals surface area contributed by atoms with Gasteiger partial charge >= 0.3 is 0 Å². The Kier molecular flexibility index (Phi) is 4.01. The summed E-state index contributed by atoms with van der Waals surface area (Å²) in [5.41, 5.74) is 2.39. The van der Waals surface area contributed by atoms with Crippen molar-refractivity contribution in [1.29, 1.82) is 0 Å².